The Labute approximate surface area is 66.4 Å². The Morgan fingerprint density at radius 3 is 2.64 bits per heavy atom. The second kappa shape index (κ2) is 3.28. The highest BCUT2D eigenvalue weighted by molar-refractivity contribution is 5.36. The lowest BCUT2D eigenvalue weighted by Gasteiger charge is -2.02. The average molecular weight is 151 g/mol. The van der Waals surface area contributed by atoms with Crippen LogP contribution in [0.25, 0.3) is 0 Å². The number of ether oxygens (including phenoxy) is 1. The Morgan fingerprint density at radius 1 is 1.36 bits per heavy atom. The van der Waals surface area contributed by atoms with Crippen molar-refractivity contribution in [1.82, 2.24) is 0 Å². The molecule has 0 aliphatic heterocycles. The van der Waals surface area contributed by atoms with Gasteiger partial charge in [-0.1, -0.05) is 0 Å². The van der Waals surface area contributed by atoms with Gasteiger partial charge in [0.25, 0.3) is 0 Å². The van der Waals surface area contributed by atoms with Crippen molar-refractivity contribution in [2.45, 2.75) is 13.8 Å². The van der Waals surface area contributed by atoms with E-state index in [1.807, 2.05) is 19.9 Å². The SMILES string of the molecule is CCOc1cc(C)cc([O])c1. The molecule has 0 saturated carbocycles. The first-order chi connectivity index (χ1) is 5.22. The Balaban J connectivity index is 2.89. The molecule has 11 heavy (non-hydrogen) atoms. The van der Waals surface area contributed by atoms with Gasteiger partial charge < -0.3 is 4.74 Å². The molecular weight excluding hydrogens is 140 g/mol. The van der Waals surface area contributed by atoms with Crippen molar-refractivity contribution in [2.75, 3.05) is 6.61 Å². The van der Waals surface area contributed by atoms with E-state index in [9.17, 15) is 5.11 Å². The van der Waals surface area contributed by atoms with Crippen LogP contribution < -0.4 is 4.74 Å². The van der Waals surface area contributed by atoms with Crippen LogP contribution in [0.4, 0.5) is 0 Å². The quantitative estimate of drug-likeness (QED) is 0.638. The normalized spacial score (nSPS) is 9.64. The molecule has 0 spiro atoms. The minimum atomic E-state index is 0.00782. The highest BCUT2D eigenvalue weighted by atomic mass is 16.5. The summed E-state index contributed by atoms with van der Waals surface area (Å²) in [5, 5.41) is 10.9. The van der Waals surface area contributed by atoms with Gasteiger partial charge in [0.1, 0.15) is 5.75 Å². The molecule has 0 N–H and O–H groups in total. The lowest BCUT2D eigenvalue weighted by atomic mass is 10.2. The lowest BCUT2D eigenvalue weighted by Crippen LogP contribution is -1.90. The smallest absolute Gasteiger partial charge is 0.182 e. The number of hydrogen-bond acceptors (Lipinski definition) is 1. The predicted molar refractivity (Wildman–Crippen MR) is 42.5 cm³/mol. The van der Waals surface area contributed by atoms with Gasteiger partial charge >= 0.3 is 0 Å². The van der Waals surface area contributed by atoms with Gasteiger partial charge in [-0.3, -0.25) is 5.11 Å². The first-order valence-corrected chi connectivity index (χ1v) is 3.64. The molecule has 2 heteroatoms. The van der Waals surface area contributed by atoms with Crippen LogP contribution in [0.15, 0.2) is 18.2 Å². The minimum Gasteiger partial charge on any atom is -0.494 e. The molecule has 0 aliphatic carbocycles. The van der Waals surface area contributed by atoms with Crippen LogP contribution in [0.5, 0.6) is 11.5 Å². The lowest BCUT2D eigenvalue weighted by molar-refractivity contribution is 0.326. The molecule has 1 rings (SSSR count). The summed E-state index contributed by atoms with van der Waals surface area (Å²) in [6.45, 7) is 4.37. The second-order valence-corrected chi connectivity index (χ2v) is 2.41. The fraction of sp³-hybridized carbons (Fsp3) is 0.333. The van der Waals surface area contributed by atoms with E-state index in [0.29, 0.717) is 12.4 Å². The van der Waals surface area contributed by atoms with Crippen LogP contribution in [-0.4, -0.2) is 6.61 Å². The van der Waals surface area contributed by atoms with Gasteiger partial charge in [0, 0.05) is 6.07 Å². The zero-order chi connectivity index (χ0) is 8.27. The van der Waals surface area contributed by atoms with E-state index in [1.165, 1.54) is 6.07 Å². The molecule has 0 fully saturated rings. The fourth-order valence-electron chi connectivity index (χ4n) is 0.964. The Kier molecular flexibility index (Phi) is 2.36. The maximum atomic E-state index is 10.9. The minimum absolute atomic E-state index is 0.00782. The molecule has 0 aliphatic rings. The van der Waals surface area contributed by atoms with Gasteiger partial charge in [0.2, 0.25) is 0 Å². The highest BCUT2D eigenvalue weighted by Gasteiger charge is 1.97. The first kappa shape index (κ1) is 7.92. The van der Waals surface area contributed by atoms with E-state index in [0.717, 1.165) is 5.56 Å². The third-order valence-corrected chi connectivity index (χ3v) is 1.34. The number of benzene rings is 1. The van der Waals surface area contributed by atoms with Gasteiger partial charge in [-0.2, -0.15) is 0 Å². The molecule has 0 unspecified atom stereocenters. The van der Waals surface area contributed by atoms with Crippen LogP contribution in [-0.2, 0) is 5.11 Å². The molecule has 0 amide bonds. The molecular formula is C9H11O2. The molecule has 0 atom stereocenters. The van der Waals surface area contributed by atoms with E-state index >= 15 is 0 Å². The molecule has 1 aromatic rings. The number of hydrogen-bond donors (Lipinski definition) is 0. The predicted octanol–water partition coefficient (Wildman–Crippen LogP) is 2.54. The van der Waals surface area contributed by atoms with Gasteiger partial charge in [-0.15, -0.1) is 0 Å². The van der Waals surface area contributed by atoms with Crippen LogP contribution >= 0.6 is 0 Å². The summed E-state index contributed by atoms with van der Waals surface area (Å²) in [6, 6.07) is 4.93. The monoisotopic (exact) mass is 151 g/mol. The molecule has 0 heterocycles. The van der Waals surface area contributed by atoms with E-state index in [2.05, 4.69) is 0 Å². The summed E-state index contributed by atoms with van der Waals surface area (Å²) < 4.78 is 5.17. The largest absolute Gasteiger partial charge is 0.494 e. The maximum absolute atomic E-state index is 10.9. The van der Waals surface area contributed by atoms with E-state index in [-0.39, 0.29) is 5.75 Å². The summed E-state index contributed by atoms with van der Waals surface area (Å²) >= 11 is 0. The third-order valence-electron chi connectivity index (χ3n) is 1.34. The molecule has 2 nitrogen and oxygen atoms in total. The molecule has 1 aromatic carbocycles. The topological polar surface area (TPSA) is 29.1 Å². The van der Waals surface area contributed by atoms with Crippen molar-refractivity contribution in [3.05, 3.63) is 23.8 Å². The van der Waals surface area contributed by atoms with Crippen molar-refractivity contribution >= 4 is 0 Å². The highest BCUT2D eigenvalue weighted by Crippen LogP contribution is 2.21. The Bertz CT molecular complexity index is 223. The zero-order valence-electron chi connectivity index (χ0n) is 6.76. The van der Waals surface area contributed by atoms with Crippen molar-refractivity contribution < 1.29 is 9.84 Å². The molecule has 0 saturated heterocycles. The molecule has 0 bridgehead atoms. The Morgan fingerprint density at radius 2 is 2.09 bits per heavy atom. The van der Waals surface area contributed by atoms with Gasteiger partial charge in [0.15, 0.2) is 5.75 Å². The Hall–Kier alpha value is -1.18. The number of aryl methyl sites for hydroxylation is 1. The van der Waals surface area contributed by atoms with Gasteiger partial charge in [-0.05, 0) is 31.5 Å². The molecule has 59 valence electrons. The number of rotatable bonds is 2. The van der Waals surface area contributed by atoms with E-state index < -0.39 is 0 Å². The fourth-order valence-corrected chi connectivity index (χ4v) is 0.964. The second-order valence-electron chi connectivity index (χ2n) is 2.41. The average Bonchev–Trinajstić information content (AvgIpc) is 1.85. The molecule has 0 aromatic heterocycles. The van der Waals surface area contributed by atoms with Crippen molar-refractivity contribution in [3.63, 3.8) is 0 Å². The third kappa shape index (κ3) is 2.15. The van der Waals surface area contributed by atoms with Gasteiger partial charge in [0.05, 0.1) is 6.61 Å². The van der Waals surface area contributed by atoms with E-state index in [1.54, 1.807) is 6.07 Å². The zero-order valence-corrected chi connectivity index (χ0v) is 6.76. The van der Waals surface area contributed by atoms with Crippen molar-refractivity contribution in [1.29, 1.82) is 0 Å². The van der Waals surface area contributed by atoms with Crippen LogP contribution in [0.2, 0.25) is 0 Å². The summed E-state index contributed by atoms with van der Waals surface area (Å²) in [5.41, 5.74) is 0.945. The first-order valence-electron chi connectivity index (χ1n) is 3.64. The summed E-state index contributed by atoms with van der Waals surface area (Å²) in [4.78, 5) is 0. The standard InChI is InChI=1S/C9H11O2/c1-3-11-9-5-7(2)4-8(10)6-9/h4-6H,3H2,1-2H3. The summed E-state index contributed by atoms with van der Waals surface area (Å²) in [7, 11) is 0. The van der Waals surface area contributed by atoms with E-state index in [4.69, 9.17) is 4.74 Å². The van der Waals surface area contributed by atoms with Crippen LogP contribution in [0, 0.1) is 6.92 Å². The summed E-state index contributed by atoms with van der Waals surface area (Å²) in [6.07, 6.45) is 0. The van der Waals surface area contributed by atoms with Crippen LogP contribution in [0.3, 0.4) is 0 Å². The van der Waals surface area contributed by atoms with Crippen molar-refractivity contribution in [3.8, 4) is 11.5 Å². The van der Waals surface area contributed by atoms with Crippen LogP contribution in [0.1, 0.15) is 12.5 Å². The van der Waals surface area contributed by atoms with Gasteiger partial charge in [-0.25, -0.2) is 0 Å². The summed E-state index contributed by atoms with van der Waals surface area (Å²) in [5.74, 6) is 0.672. The molecule has 1 radical (unpaired) electrons. The van der Waals surface area contributed by atoms with Crippen molar-refractivity contribution in [2.24, 2.45) is 0 Å². The maximum Gasteiger partial charge on any atom is 0.182 e.